The summed E-state index contributed by atoms with van der Waals surface area (Å²) in [5.41, 5.74) is 4.31. The lowest BCUT2D eigenvalue weighted by Crippen LogP contribution is -2.67. The topological polar surface area (TPSA) is 47.9 Å². The summed E-state index contributed by atoms with van der Waals surface area (Å²) in [6.45, 7) is 2.70. The molecule has 0 radical (unpaired) electrons. The summed E-state index contributed by atoms with van der Waals surface area (Å²) in [6.07, 6.45) is 1.26. The van der Waals surface area contributed by atoms with Crippen LogP contribution in [0.2, 0.25) is 5.02 Å². The molecule has 1 aliphatic carbocycles. The molecule has 27 heavy (non-hydrogen) atoms. The van der Waals surface area contributed by atoms with E-state index < -0.39 is 6.17 Å². The quantitative estimate of drug-likeness (QED) is 0.820. The van der Waals surface area contributed by atoms with Crippen LogP contribution in [0, 0.1) is 5.92 Å². The highest BCUT2D eigenvalue weighted by Crippen LogP contribution is 2.40. The van der Waals surface area contributed by atoms with Crippen LogP contribution < -0.4 is 5.43 Å². The van der Waals surface area contributed by atoms with Gasteiger partial charge in [-0.2, -0.15) is 5.10 Å². The average Bonchev–Trinajstić information content (AvgIpc) is 3.08. The minimum atomic E-state index is -0.882. The van der Waals surface area contributed by atoms with E-state index in [-0.39, 0.29) is 24.2 Å². The summed E-state index contributed by atoms with van der Waals surface area (Å²) in [4.78, 5) is 17.0. The third-order valence-corrected chi connectivity index (χ3v) is 6.80. The van der Waals surface area contributed by atoms with Crippen LogP contribution in [0.15, 0.2) is 29.4 Å². The highest BCUT2D eigenvalue weighted by Gasteiger charge is 2.52. The van der Waals surface area contributed by atoms with E-state index in [1.807, 2.05) is 29.2 Å². The van der Waals surface area contributed by atoms with Crippen molar-refractivity contribution in [1.29, 1.82) is 0 Å². The fourth-order valence-electron chi connectivity index (χ4n) is 4.22. The van der Waals surface area contributed by atoms with E-state index in [1.165, 1.54) is 0 Å². The van der Waals surface area contributed by atoms with Crippen LogP contribution in [0.1, 0.15) is 38.2 Å². The number of nitrogens with one attached hydrogen (secondary N) is 1. The molecule has 2 heterocycles. The smallest absolute Gasteiger partial charge is 0.230 e. The molecule has 3 aliphatic rings. The molecule has 5 nitrogen and oxygen atoms in total. The Bertz CT molecular complexity index is 731. The Labute approximate surface area is 168 Å². The second-order valence-corrected chi connectivity index (χ2v) is 8.71. The lowest BCUT2D eigenvalue weighted by atomic mass is 9.80. The van der Waals surface area contributed by atoms with Gasteiger partial charge in [-0.05, 0) is 43.4 Å². The third-order valence-electron chi connectivity index (χ3n) is 5.51. The third kappa shape index (κ3) is 3.63. The van der Waals surface area contributed by atoms with Crippen LogP contribution in [0.3, 0.4) is 0 Å². The Morgan fingerprint density at radius 1 is 1.33 bits per heavy atom. The number of carbonyl (C=O) groups is 1. The summed E-state index contributed by atoms with van der Waals surface area (Å²) in [5.74, 6) is 0.557. The first-order chi connectivity index (χ1) is 13.1. The van der Waals surface area contributed by atoms with Gasteiger partial charge in [0.25, 0.3) is 0 Å². The van der Waals surface area contributed by atoms with Gasteiger partial charge in [0.1, 0.15) is 6.17 Å². The van der Waals surface area contributed by atoms with Gasteiger partial charge in [0, 0.05) is 23.4 Å². The van der Waals surface area contributed by atoms with Gasteiger partial charge in [-0.15, -0.1) is 0 Å². The Morgan fingerprint density at radius 2 is 2.11 bits per heavy atom. The van der Waals surface area contributed by atoms with E-state index >= 15 is 0 Å². The second kappa shape index (κ2) is 7.87. The molecule has 1 aromatic rings. The maximum absolute atomic E-state index is 14.0. The predicted molar refractivity (Wildman–Crippen MR) is 107 cm³/mol. The van der Waals surface area contributed by atoms with Crippen LogP contribution in [0.5, 0.6) is 0 Å². The molecule has 4 unspecified atom stereocenters. The predicted octanol–water partition coefficient (Wildman–Crippen LogP) is 3.79. The largest absolute Gasteiger partial charge is 0.307 e. The summed E-state index contributed by atoms with van der Waals surface area (Å²) < 4.78 is 14.0. The summed E-state index contributed by atoms with van der Waals surface area (Å²) in [5, 5.41) is 6.14. The normalized spacial score (nSPS) is 29.9. The molecule has 8 heteroatoms. The van der Waals surface area contributed by atoms with E-state index in [0.29, 0.717) is 25.8 Å². The standard InChI is InChI=1S/C19H24ClFN4OS/c1-2-9-24-17(26)15-10-14(21)7-8-16(15)25-18(24)22-23-19(25)27-11-12-3-5-13(20)6-4-12/h3-6,14-16,18,22H,2,7-11H2,1H3. The summed E-state index contributed by atoms with van der Waals surface area (Å²) >= 11 is 7.61. The maximum atomic E-state index is 14.0. The number of fused-ring (bicyclic) bond motifs is 3. The number of halogens is 2. The zero-order chi connectivity index (χ0) is 19.0. The first-order valence-corrected chi connectivity index (χ1v) is 10.9. The number of rotatable bonds is 4. The number of thioether (sulfide) groups is 1. The number of hydrogen-bond donors (Lipinski definition) is 1. The van der Waals surface area contributed by atoms with Gasteiger partial charge in [0.2, 0.25) is 5.91 Å². The molecule has 1 amide bonds. The molecular weight excluding hydrogens is 387 g/mol. The van der Waals surface area contributed by atoms with E-state index in [0.717, 1.165) is 27.9 Å². The van der Waals surface area contributed by atoms with Gasteiger partial charge in [0.05, 0.1) is 5.92 Å². The first kappa shape index (κ1) is 18.9. The van der Waals surface area contributed by atoms with Crippen LogP contribution in [-0.2, 0) is 10.5 Å². The van der Waals surface area contributed by atoms with E-state index in [2.05, 4.69) is 22.4 Å². The lowest BCUT2D eigenvalue weighted by molar-refractivity contribution is -0.156. The molecule has 4 rings (SSSR count). The highest BCUT2D eigenvalue weighted by atomic mass is 35.5. The van der Waals surface area contributed by atoms with Crippen molar-refractivity contribution in [3.8, 4) is 0 Å². The van der Waals surface area contributed by atoms with Crippen LogP contribution in [0.25, 0.3) is 0 Å². The van der Waals surface area contributed by atoms with Crippen LogP contribution in [0.4, 0.5) is 4.39 Å². The molecule has 1 saturated carbocycles. The number of alkyl halides is 1. The SMILES string of the molecule is CCCN1C(=O)C2CC(F)CCC2N2C(SCc3ccc(Cl)cc3)=NNC12. The van der Waals surface area contributed by atoms with Gasteiger partial charge in [0.15, 0.2) is 11.5 Å². The zero-order valence-corrected chi connectivity index (χ0v) is 16.8. The number of amides is 1. The number of nitrogens with zero attached hydrogens (tertiary/aromatic N) is 3. The Morgan fingerprint density at radius 3 is 2.85 bits per heavy atom. The van der Waals surface area contributed by atoms with Gasteiger partial charge in [-0.3, -0.25) is 10.2 Å². The van der Waals surface area contributed by atoms with Gasteiger partial charge in [-0.25, -0.2) is 4.39 Å². The number of hydrazone groups is 1. The number of carbonyl (C=O) groups excluding carboxylic acids is 1. The van der Waals surface area contributed by atoms with Crippen molar-refractivity contribution in [3.05, 3.63) is 34.9 Å². The number of benzene rings is 1. The van der Waals surface area contributed by atoms with Crippen molar-refractivity contribution in [1.82, 2.24) is 15.2 Å². The van der Waals surface area contributed by atoms with Gasteiger partial charge < -0.3 is 9.80 Å². The van der Waals surface area contributed by atoms with Crippen LogP contribution in [-0.4, -0.2) is 45.9 Å². The van der Waals surface area contributed by atoms with E-state index in [1.54, 1.807) is 11.8 Å². The Hall–Kier alpha value is -1.47. The van der Waals surface area contributed by atoms with Crippen molar-refractivity contribution >= 4 is 34.4 Å². The minimum absolute atomic E-state index is 0.0223. The molecule has 1 saturated heterocycles. The number of amidine groups is 1. The van der Waals surface area contributed by atoms with Crippen molar-refractivity contribution < 1.29 is 9.18 Å². The fraction of sp³-hybridized carbons (Fsp3) is 0.579. The Kier molecular flexibility index (Phi) is 5.50. The average molecular weight is 411 g/mol. The van der Waals surface area contributed by atoms with E-state index in [4.69, 9.17) is 11.6 Å². The molecule has 4 atom stereocenters. The monoisotopic (exact) mass is 410 g/mol. The van der Waals surface area contributed by atoms with Crippen LogP contribution >= 0.6 is 23.4 Å². The second-order valence-electron chi connectivity index (χ2n) is 7.34. The molecule has 0 aromatic heterocycles. The highest BCUT2D eigenvalue weighted by molar-refractivity contribution is 8.13. The molecule has 2 aliphatic heterocycles. The Balaban J connectivity index is 1.53. The molecule has 0 bridgehead atoms. The van der Waals surface area contributed by atoms with Gasteiger partial charge >= 0.3 is 0 Å². The van der Waals surface area contributed by atoms with Crippen molar-refractivity contribution in [3.63, 3.8) is 0 Å². The fourth-order valence-corrected chi connectivity index (χ4v) is 5.34. The molecule has 2 fully saturated rings. The van der Waals surface area contributed by atoms with Crippen molar-refractivity contribution in [2.24, 2.45) is 11.0 Å². The minimum Gasteiger partial charge on any atom is -0.307 e. The molecular formula is C19H24ClFN4OS. The maximum Gasteiger partial charge on any atom is 0.230 e. The lowest BCUT2D eigenvalue weighted by Gasteiger charge is -2.50. The summed E-state index contributed by atoms with van der Waals surface area (Å²) in [7, 11) is 0. The zero-order valence-electron chi connectivity index (χ0n) is 15.3. The molecule has 0 spiro atoms. The van der Waals surface area contributed by atoms with Crippen molar-refractivity contribution in [2.75, 3.05) is 6.54 Å². The molecule has 146 valence electrons. The van der Waals surface area contributed by atoms with Gasteiger partial charge in [-0.1, -0.05) is 42.4 Å². The summed E-state index contributed by atoms with van der Waals surface area (Å²) in [6, 6.07) is 7.81. The molecule has 1 N–H and O–H groups in total. The van der Waals surface area contributed by atoms with Crippen molar-refractivity contribution in [2.45, 2.75) is 56.9 Å². The molecule has 1 aromatic carbocycles. The number of hydrogen-bond acceptors (Lipinski definition) is 5. The first-order valence-electron chi connectivity index (χ1n) is 9.52. The van der Waals surface area contributed by atoms with E-state index in [9.17, 15) is 9.18 Å².